The third-order valence-electron chi connectivity index (χ3n) is 4.81. The van der Waals surface area contributed by atoms with Crippen molar-refractivity contribution in [2.75, 3.05) is 26.2 Å². The average Bonchev–Trinajstić information content (AvgIpc) is 3.31. The maximum atomic E-state index is 12.0. The van der Waals surface area contributed by atoms with Crippen molar-refractivity contribution in [3.05, 3.63) is 50.4 Å². The number of hydrogen-bond donors (Lipinski definition) is 0. The zero-order chi connectivity index (χ0) is 18.4. The molecule has 0 spiro atoms. The Kier molecular flexibility index (Phi) is 9.03. The summed E-state index contributed by atoms with van der Waals surface area (Å²) >= 11 is 3.61. The zero-order valence-electron chi connectivity index (χ0n) is 16.0. The Morgan fingerprint density at radius 2 is 2.19 bits per heavy atom. The average molecular weight is 426 g/mol. The van der Waals surface area contributed by atoms with Crippen LogP contribution < -0.4 is 0 Å². The number of rotatable bonds is 7. The molecule has 3 heterocycles. The molecule has 1 saturated heterocycles. The summed E-state index contributed by atoms with van der Waals surface area (Å²) in [6, 6.07) is 6.51. The van der Waals surface area contributed by atoms with E-state index in [4.69, 9.17) is 4.74 Å². The van der Waals surface area contributed by atoms with Crippen LogP contribution >= 0.6 is 35.1 Å². The van der Waals surface area contributed by atoms with Crippen LogP contribution in [-0.2, 0) is 9.53 Å². The first kappa shape index (κ1) is 22.2. The number of carbonyl (C=O) groups excluding carboxylic acids is 1. The van der Waals surface area contributed by atoms with Gasteiger partial charge in [0.1, 0.15) is 0 Å². The molecule has 2 aromatic rings. The number of thiophene rings is 2. The first-order chi connectivity index (χ1) is 12.7. The minimum Gasteiger partial charge on any atom is -0.466 e. The molecule has 3 rings (SSSR count). The minimum absolute atomic E-state index is 0. The number of aryl methyl sites for hydroxylation is 1. The Hall–Kier alpha value is -1.14. The molecule has 0 aliphatic carbocycles. The fourth-order valence-corrected chi connectivity index (χ4v) is 5.31. The second-order valence-corrected chi connectivity index (χ2v) is 8.57. The lowest BCUT2D eigenvalue weighted by Crippen LogP contribution is -2.39. The highest BCUT2D eigenvalue weighted by atomic mass is 35.5. The molecule has 3 nitrogen and oxygen atoms in total. The summed E-state index contributed by atoms with van der Waals surface area (Å²) in [6.07, 6.45) is 5.41. The van der Waals surface area contributed by atoms with Crippen LogP contribution in [-0.4, -0.2) is 37.1 Å². The van der Waals surface area contributed by atoms with Crippen molar-refractivity contribution < 1.29 is 9.53 Å². The molecule has 0 saturated carbocycles. The van der Waals surface area contributed by atoms with E-state index in [0.29, 0.717) is 6.61 Å². The number of halogens is 1. The van der Waals surface area contributed by atoms with E-state index < -0.39 is 0 Å². The molecule has 1 atom stereocenters. The van der Waals surface area contributed by atoms with E-state index in [1.54, 1.807) is 11.3 Å². The van der Waals surface area contributed by atoms with Crippen molar-refractivity contribution in [3.8, 4) is 0 Å². The van der Waals surface area contributed by atoms with Crippen LogP contribution in [0.1, 0.15) is 41.5 Å². The maximum absolute atomic E-state index is 12.0. The number of carbonyl (C=O) groups is 1. The normalized spacial score (nSPS) is 18.1. The third kappa shape index (κ3) is 5.92. The van der Waals surface area contributed by atoms with Gasteiger partial charge in [0.25, 0.3) is 0 Å². The van der Waals surface area contributed by atoms with Crippen LogP contribution in [0.15, 0.2) is 35.0 Å². The van der Waals surface area contributed by atoms with E-state index in [-0.39, 0.29) is 24.3 Å². The topological polar surface area (TPSA) is 29.5 Å². The summed E-state index contributed by atoms with van der Waals surface area (Å²) in [4.78, 5) is 17.1. The molecule has 0 unspecified atom stereocenters. The van der Waals surface area contributed by atoms with Gasteiger partial charge in [-0.05, 0) is 68.1 Å². The summed E-state index contributed by atoms with van der Waals surface area (Å²) in [7, 11) is 0. The van der Waals surface area contributed by atoms with Gasteiger partial charge in [-0.2, -0.15) is 0 Å². The van der Waals surface area contributed by atoms with Crippen LogP contribution in [0.4, 0.5) is 0 Å². The molecule has 1 fully saturated rings. The molecule has 2 aromatic heterocycles. The first-order valence-electron chi connectivity index (χ1n) is 9.36. The summed E-state index contributed by atoms with van der Waals surface area (Å²) in [5, 5.41) is 4.31. The Balaban J connectivity index is 0.00000261. The second-order valence-electron chi connectivity index (χ2n) is 6.71. The summed E-state index contributed by atoms with van der Waals surface area (Å²) in [5.41, 5.74) is 2.70. The molecule has 148 valence electrons. The van der Waals surface area contributed by atoms with Gasteiger partial charge in [0.15, 0.2) is 0 Å². The predicted molar refractivity (Wildman–Crippen MR) is 118 cm³/mol. The monoisotopic (exact) mass is 425 g/mol. The van der Waals surface area contributed by atoms with Crippen LogP contribution in [0.25, 0.3) is 5.57 Å². The van der Waals surface area contributed by atoms with E-state index >= 15 is 0 Å². The van der Waals surface area contributed by atoms with Crippen molar-refractivity contribution in [3.63, 3.8) is 0 Å². The van der Waals surface area contributed by atoms with Crippen molar-refractivity contribution in [2.24, 2.45) is 5.92 Å². The summed E-state index contributed by atoms with van der Waals surface area (Å²) < 4.78 is 5.21. The largest absolute Gasteiger partial charge is 0.466 e. The number of nitrogens with zero attached hydrogens (tertiary/aromatic N) is 1. The van der Waals surface area contributed by atoms with Gasteiger partial charge in [0.05, 0.1) is 12.5 Å². The number of hydrogen-bond acceptors (Lipinski definition) is 5. The lowest BCUT2D eigenvalue weighted by Gasteiger charge is -2.31. The van der Waals surface area contributed by atoms with Crippen molar-refractivity contribution in [2.45, 2.75) is 33.1 Å². The molecule has 27 heavy (non-hydrogen) atoms. The standard InChI is InChI=1S/C21H27NO2S2.ClH/c1-3-24-21(23)17-7-4-11-22(15-17)12-5-8-18(19-9-6-13-25-19)20-16(2)10-14-26-20;/h6,8-10,13-14,17H,3-5,7,11-12,15H2,1-2H3;1H/b18-8+;/t17-;/m1./s1. The van der Waals surface area contributed by atoms with E-state index in [1.165, 1.54) is 20.9 Å². The van der Waals surface area contributed by atoms with Gasteiger partial charge in [-0.25, -0.2) is 0 Å². The summed E-state index contributed by atoms with van der Waals surface area (Å²) in [5.74, 6) is 0.0187. The number of likely N-dealkylation sites (tertiary alicyclic amines) is 1. The Morgan fingerprint density at radius 3 is 2.85 bits per heavy atom. The number of ether oxygens (including phenoxy) is 1. The van der Waals surface area contributed by atoms with Crippen molar-refractivity contribution in [1.82, 2.24) is 4.90 Å². The van der Waals surface area contributed by atoms with Gasteiger partial charge in [-0.15, -0.1) is 35.1 Å². The fourth-order valence-electron chi connectivity index (χ4n) is 3.49. The quantitative estimate of drug-likeness (QED) is 0.538. The number of esters is 1. The van der Waals surface area contributed by atoms with E-state index in [9.17, 15) is 4.79 Å². The molecule has 0 aromatic carbocycles. The molecule has 0 amide bonds. The van der Waals surface area contributed by atoms with Crippen LogP contribution in [0, 0.1) is 12.8 Å². The smallest absolute Gasteiger partial charge is 0.310 e. The van der Waals surface area contributed by atoms with Crippen LogP contribution in [0.5, 0.6) is 0 Å². The highest BCUT2D eigenvalue weighted by Crippen LogP contribution is 2.33. The molecular formula is C21H28ClNO2S2. The number of piperidine rings is 1. The highest BCUT2D eigenvalue weighted by molar-refractivity contribution is 7.13. The Morgan fingerprint density at radius 1 is 1.33 bits per heavy atom. The Bertz CT molecular complexity index is 739. The maximum Gasteiger partial charge on any atom is 0.310 e. The zero-order valence-corrected chi connectivity index (χ0v) is 18.4. The predicted octanol–water partition coefficient (Wildman–Crippen LogP) is 5.64. The lowest BCUT2D eigenvalue weighted by atomic mass is 9.98. The van der Waals surface area contributed by atoms with E-state index in [2.05, 4.69) is 46.9 Å². The summed E-state index contributed by atoms with van der Waals surface area (Å²) in [6.45, 7) is 7.44. The fraction of sp³-hybridized carbons (Fsp3) is 0.476. The van der Waals surface area contributed by atoms with Gasteiger partial charge >= 0.3 is 5.97 Å². The molecule has 1 aliphatic heterocycles. The molecule has 0 N–H and O–H groups in total. The molecule has 0 radical (unpaired) electrons. The van der Waals surface area contributed by atoms with E-state index in [1.807, 2.05) is 18.3 Å². The van der Waals surface area contributed by atoms with Gasteiger partial charge in [-0.3, -0.25) is 4.79 Å². The van der Waals surface area contributed by atoms with Gasteiger partial charge in [0, 0.05) is 28.4 Å². The van der Waals surface area contributed by atoms with Gasteiger partial charge in [-0.1, -0.05) is 12.1 Å². The van der Waals surface area contributed by atoms with Gasteiger partial charge < -0.3 is 9.64 Å². The lowest BCUT2D eigenvalue weighted by molar-refractivity contribution is -0.149. The SMILES string of the molecule is CCOC(=O)[C@@H]1CCCN(CC/C=C(\c2cccs2)c2sccc2C)C1.Cl. The van der Waals surface area contributed by atoms with Crippen LogP contribution in [0.3, 0.4) is 0 Å². The molecule has 6 heteroatoms. The van der Waals surface area contributed by atoms with E-state index in [0.717, 1.165) is 38.9 Å². The van der Waals surface area contributed by atoms with Crippen molar-refractivity contribution >= 4 is 46.6 Å². The Labute approximate surface area is 176 Å². The molecular weight excluding hydrogens is 398 g/mol. The minimum atomic E-state index is -0.0266. The molecule has 0 bridgehead atoms. The second kappa shape index (κ2) is 11.0. The highest BCUT2D eigenvalue weighted by Gasteiger charge is 2.26. The molecule has 1 aliphatic rings. The van der Waals surface area contributed by atoms with Gasteiger partial charge in [0.2, 0.25) is 0 Å². The van der Waals surface area contributed by atoms with Crippen LogP contribution in [0.2, 0.25) is 0 Å². The first-order valence-corrected chi connectivity index (χ1v) is 11.1. The third-order valence-corrected chi connectivity index (χ3v) is 6.77. The van der Waals surface area contributed by atoms with Crippen molar-refractivity contribution in [1.29, 1.82) is 0 Å².